The van der Waals surface area contributed by atoms with Gasteiger partial charge in [0.2, 0.25) is 5.91 Å². The number of ether oxygens (including phenoxy) is 3. The molecule has 0 radical (unpaired) electrons. The molecule has 2 atom stereocenters. The number of benzene rings is 3. The summed E-state index contributed by atoms with van der Waals surface area (Å²) in [6.07, 6.45) is 1.55. The van der Waals surface area contributed by atoms with Crippen LogP contribution in [0.1, 0.15) is 13.8 Å². The van der Waals surface area contributed by atoms with Gasteiger partial charge in [-0.05, 0) is 36.4 Å². The number of nitroso groups, excluding NO2 is 1. The quantitative estimate of drug-likeness (QED) is 0.147. The van der Waals surface area contributed by atoms with Gasteiger partial charge < -0.3 is 19.5 Å². The zero-order chi connectivity index (χ0) is 29.6. The third-order valence-electron chi connectivity index (χ3n) is 7.43. The number of hydrazine groups is 1. The summed E-state index contributed by atoms with van der Waals surface area (Å²) in [6, 6.07) is 16.1. The maximum absolute atomic E-state index is 15.1. The van der Waals surface area contributed by atoms with E-state index in [4.69, 9.17) is 14.2 Å². The van der Waals surface area contributed by atoms with Crippen LogP contribution in [0, 0.1) is 22.1 Å². The summed E-state index contributed by atoms with van der Waals surface area (Å²) in [5.74, 6) is -0.243. The Kier molecular flexibility index (Phi) is 6.85. The number of rotatable bonds is 9. The first kappa shape index (κ1) is 27.3. The topological polar surface area (TPSA) is 115 Å². The molecule has 0 aliphatic heterocycles. The van der Waals surface area contributed by atoms with Crippen molar-refractivity contribution >= 4 is 49.2 Å². The van der Waals surface area contributed by atoms with Crippen molar-refractivity contribution in [2.24, 2.45) is 11.3 Å². The number of hydrogen-bond donors (Lipinski definition) is 2. The third kappa shape index (κ3) is 4.94. The van der Waals surface area contributed by atoms with Crippen molar-refractivity contribution in [2.45, 2.75) is 19.9 Å². The molecular weight excluding hydrogens is 561 g/mol. The lowest BCUT2D eigenvalue weighted by Gasteiger charge is -2.13. The molecule has 6 rings (SSSR count). The van der Waals surface area contributed by atoms with Crippen molar-refractivity contribution < 1.29 is 28.3 Å². The number of thiazole rings is 1. The van der Waals surface area contributed by atoms with Crippen molar-refractivity contribution in [3.8, 4) is 23.0 Å². The summed E-state index contributed by atoms with van der Waals surface area (Å²) in [4.78, 5) is 35.5. The van der Waals surface area contributed by atoms with E-state index in [0.29, 0.717) is 38.2 Å². The smallest absolute Gasteiger partial charge is 0.253 e. The average molecular weight is 589 g/mol. The van der Waals surface area contributed by atoms with Crippen molar-refractivity contribution in [3.05, 3.63) is 77.6 Å². The van der Waals surface area contributed by atoms with Crippen LogP contribution in [0.3, 0.4) is 0 Å². The summed E-state index contributed by atoms with van der Waals surface area (Å²) in [6.45, 7) is 3.68. The van der Waals surface area contributed by atoms with Gasteiger partial charge in [-0.3, -0.25) is 9.78 Å². The van der Waals surface area contributed by atoms with Crippen LogP contribution < -0.4 is 25.0 Å². The molecule has 2 aromatic heterocycles. The van der Waals surface area contributed by atoms with Gasteiger partial charge in [0.05, 0.1) is 40.3 Å². The van der Waals surface area contributed by atoms with Gasteiger partial charge >= 0.3 is 0 Å². The minimum Gasteiger partial charge on any atom is -0.493 e. The van der Waals surface area contributed by atoms with Crippen molar-refractivity contribution in [2.75, 3.05) is 25.0 Å². The highest BCUT2D eigenvalue weighted by Gasteiger charge is 2.73. The number of hydrogen-bond acceptors (Lipinski definition) is 8. The van der Waals surface area contributed by atoms with Gasteiger partial charge in [-0.15, -0.1) is 5.43 Å². The van der Waals surface area contributed by atoms with Crippen molar-refractivity contribution in [1.82, 2.24) is 9.97 Å². The van der Waals surface area contributed by atoms with E-state index in [-0.39, 0.29) is 17.3 Å². The number of amides is 1. The molecule has 1 aliphatic carbocycles. The molecule has 42 heavy (non-hydrogen) atoms. The number of para-hydroxylation sites is 1. The Hall–Kier alpha value is -4.84. The number of carbonyl (C=O) groups excluding carboxylic acids is 1. The second-order valence-corrected chi connectivity index (χ2v) is 11.5. The molecule has 1 saturated carbocycles. The first-order valence-electron chi connectivity index (χ1n) is 13.1. The van der Waals surface area contributed by atoms with Crippen LogP contribution >= 0.6 is 11.3 Å². The summed E-state index contributed by atoms with van der Waals surface area (Å²) in [5.41, 5.74) is 3.65. The third-order valence-corrected chi connectivity index (χ3v) is 8.38. The lowest BCUT2D eigenvalue weighted by molar-refractivity contribution is -0.540. The lowest BCUT2D eigenvalue weighted by atomic mass is 10.1. The van der Waals surface area contributed by atoms with E-state index in [1.165, 1.54) is 43.8 Å². The molecule has 0 spiro atoms. The van der Waals surface area contributed by atoms with Crippen molar-refractivity contribution in [1.29, 1.82) is 0 Å². The molecular formula is C30H27FN5O5S+. The zero-order valence-corrected chi connectivity index (χ0v) is 24.0. The van der Waals surface area contributed by atoms with Crippen molar-refractivity contribution in [3.63, 3.8) is 0 Å². The Morgan fingerprint density at radius 1 is 0.976 bits per heavy atom. The molecule has 10 nitrogen and oxygen atoms in total. The summed E-state index contributed by atoms with van der Waals surface area (Å²) in [7, 11) is 3.05. The van der Waals surface area contributed by atoms with Gasteiger partial charge in [-0.2, -0.15) is 0 Å². The SMILES string of the molecule is COc1cc2nccc(Oc3ccc(N[N+](=O)[C@H]4[C@@H](C(=O)Nc5nc6ccccc6s5)C4(C)C)cc3F)c2cc1OC. The maximum atomic E-state index is 15.1. The fourth-order valence-corrected chi connectivity index (χ4v) is 6.01. The highest BCUT2D eigenvalue weighted by atomic mass is 32.1. The predicted octanol–water partition coefficient (Wildman–Crippen LogP) is 6.56. The number of fused-ring (bicyclic) bond motifs is 2. The van der Waals surface area contributed by atoms with Crippen LogP contribution in [0.4, 0.5) is 15.2 Å². The first-order chi connectivity index (χ1) is 20.2. The molecule has 214 valence electrons. The number of nitrogens with one attached hydrogen (secondary N) is 2. The van der Waals surface area contributed by atoms with E-state index in [0.717, 1.165) is 10.2 Å². The fourth-order valence-electron chi connectivity index (χ4n) is 5.14. The maximum Gasteiger partial charge on any atom is 0.253 e. The van der Waals surface area contributed by atoms with E-state index < -0.39 is 23.2 Å². The van der Waals surface area contributed by atoms with Crippen LogP contribution in [-0.2, 0) is 4.79 Å². The molecule has 1 amide bonds. The number of nitrogens with zero attached hydrogens (tertiary/aromatic N) is 3. The second-order valence-electron chi connectivity index (χ2n) is 10.4. The molecule has 2 heterocycles. The van der Waals surface area contributed by atoms with Gasteiger partial charge in [0.1, 0.15) is 22.2 Å². The summed E-state index contributed by atoms with van der Waals surface area (Å²) >= 11 is 1.37. The van der Waals surface area contributed by atoms with Gasteiger partial charge in [-0.1, -0.05) is 37.3 Å². The average Bonchev–Trinajstić information content (AvgIpc) is 3.33. The van der Waals surface area contributed by atoms with Crippen LogP contribution in [0.2, 0.25) is 0 Å². The van der Waals surface area contributed by atoms with E-state index >= 15 is 4.39 Å². The predicted molar refractivity (Wildman–Crippen MR) is 158 cm³/mol. The standard InChI is InChI=1S/C30H26FN5O5S/c1-30(2)26(28(37)34-29-33-19-7-5-6-8-25(19)42-29)27(30)36(38)35-16-9-10-22(18(31)13-16)41-21-11-12-32-20-15-24(40-4)23(39-3)14-17(20)21/h5-15,26-27H,1-4H3,(H-,33,34,35,37,38)/p+1/t26-,27-/m0/s1. The van der Waals surface area contributed by atoms with Gasteiger partial charge in [0, 0.05) is 23.7 Å². The van der Waals surface area contributed by atoms with E-state index in [2.05, 4.69) is 20.7 Å². The Labute approximate surface area is 244 Å². The first-order valence-corrected chi connectivity index (χ1v) is 13.9. The minimum absolute atomic E-state index is 0.0416. The number of halogens is 1. The molecule has 5 aromatic rings. The van der Waals surface area contributed by atoms with E-state index in [1.54, 1.807) is 24.4 Å². The normalized spacial score (nSPS) is 17.1. The van der Waals surface area contributed by atoms with E-state index in [1.807, 2.05) is 38.1 Å². The summed E-state index contributed by atoms with van der Waals surface area (Å²) < 4.78 is 32.7. The molecule has 1 fully saturated rings. The van der Waals surface area contributed by atoms with Gasteiger partial charge in [0.15, 0.2) is 28.2 Å². The minimum atomic E-state index is -0.681. The zero-order valence-electron chi connectivity index (χ0n) is 23.2. The molecule has 0 unspecified atom stereocenters. The lowest BCUT2D eigenvalue weighted by Crippen LogP contribution is -2.24. The van der Waals surface area contributed by atoms with Gasteiger partial charge in [0.25, 0.3) is 6.04 Å². The Balaban J connectivity index is 1.15. The van der Waals surface area contributed by atoms with Crippen LogP contribution in [-0.4, -0.2) is 41.0 Å². The monoisotopic (exact) mass is 588 g/mol. The molecule has 3 aromatic carbocycles. The molecule has 12 heteroatoms. The number of anilines is 2. The number of carbonyl (C=O) groups is 1. The largest absolute Gasteiger partial charge is 0.493 e. The Morgan fingerprint density at radius 2 is 1.74 bits per heavy atom. The summed E-state index contributed by atoms with van der Waals surface area (Å²) in [5, 5.41) is 3.93. The second kappa shape index (κ2) is 10.5. The highest BCUT2D eigenvalue weighted by Crippen LogP contribution is 2.54. The highest BCUT2D eigenvalue weighted by molar-refractivity contribution is 7.22. The van der Waals surface area contributed by atoms with Crippen LogP contribution in [0.15, 0.2) is 66.9 Å². The van der Waals surface area contributed by atoms with Crippen LogP contribution in [0.25, 0.3) is 21.1 Å². The van der Waals surface area contributed by atoms with Crippen LogP contribution in [0.5, 0.6) is 23.0 Å². The number of methoxy groups -OCH3 is 2. The number of aromatic nitrogens is 2. The Morgan fingerprint density at radius 3 is 2.48 bits per heavy atom. The van der Waals surface area contributed by atoms with Gasteiger partial charge in [-0.25, -0.2) is 9.37 Å². The molecule has 0 bridgehead atoms. The Bertz CT molecular complexity index is 1830. The molecule has 1 aliphatic rings. The molecule has 2 N–H and O–H groups in total. The fraction of sp³-hybridized carbons (Fsp3) is 0.233. The van der Waals surface area contributed by atoms with E-state index in [9.17, 15) is 9.70 Å². The molecule has 0 saturated heterocycles. The number of pyridine rings is 1.